The van der Waals surface area contributed by atoms with Crippen LogP contribution in [0.25, 0.3) is 10.9 Å². The van der Waals surface area contributed by atoms with E-state index in [9.17, 15) is 5.11 Å². The lowest BCUT2D eigenvalue weighted by molar-refractivity contribution is 0.0337. The Morgan fingerprint density at radius 2 is 2.11 bits per heavy atom. The van der Waals surface area contributed by atoms with Crippen molar-refractivity contribution in [2.75, 3.05) is 5.32 Å². The van der Waals surface area contributed by atoms with E-state index < -0.39 is 0 Å². The number of nitrogens with zero attached hydrogens (tertiary/aromatic N) is 2. The van der Waals surface area contributed by atoms with Crippen LogP contribution in [-0.4, -0.2) is 27.2 Å². The molecule has 2 N–H and O–H groups in total. The molecule has 0 unspecified atom stereocenters. The van der Waals surface area contributed by atoms with Crippen LogP contribution in [0.5, 0.6) is 0 Å². The summed E-state index contributed by atoms with van der Waals surface area (Å²) < 4.78 is 0. The van der Waals surface area contributed by atoms with Crippen LogP contribution < -0.4 is 5.32 Å². The Bertz CT molecular complexity index is 561. The number of aromatic nitrogens is 2. The molecule has 0 bridgehead atoms. The highest BCUT2D eigenvalue weighted by Gasteiger charge is 2.33. The first-order valence-electron chi connectivity index (χ1n) is 6.92. The zero-order chi connectivity index (χ0) is 13.2. The van der Waals surface area contributed by atoms with E-state index in [1.54, 1.807) is 6.33 Å². The van der Waals surface area contributed by atoms with Crippen molar-refractivity contribution in [2.45, 2.75) is 38.3 Å². The molecule has 0 saturated heterocycles. The van der Waals surface area contributed by atoms with Crippen molar-refractivity contribution in [1.29, 1.82) is 0 Å². The van der Waals surface area contributed by atoms with Crippen molar-refractivity contribution in [2.24, 2.45) is 5.92 Å². The molecule has 1 aliphatic carbocycles. The number of nitrogens with one attached hydrogen (secondary N) is 1. The number of benzene rings is 1. The van der Waals surface area contributed by atoms with Crippen LogP contribution in [0.2, 0.25) is 0 Å². The maximum absolute atomic E-state index is 9.45. The van der Waals surface area contributed by atoms with E-state index in [2.05, 4.69) is 22.2 Å². The first-order chi connectivity index (χ1) is 9.28. The molecule has 1 aromatic heterocycles. The SMILES string of the molecule is CC[C@H](Nc1ncnc2ccccc12)C1CC(O)C1. The molecule has 1 aliphatic rings. The minimum Gasteiger partial charge on any atom is -0.393 e. The largest absolute Gasteiger partial charge is 0.393 e. The standard InChI is InChI=1S/C15H19N3O/c1-2-13(10-7-11(19)8-10)18-15-12-5-3-4-6-14(12)16-9-17-15/h3-6,9-11,13,19H,2,7-8H2,1H3,(H,16,17,18)/t10?,11?,13-/m0/s1. The lowest BCUT2D eigenvalue weighted by Gasteiger charge is -2.38. The molecule has 1 heterocycles. The van der Waals surface area contributed by atoms with Crippen molar-refractivity contribution < 1.29 is 5.11 Å². The van der Waals surface area contributed by atoms with Gasteiger partial charge >= 0.3 is 0 Å². The molecule has 3 rings (SSSR count). The maximum atomic E-state index is 9.45. The summed E-state index contributed by atoms with van der Waals surface area (Å²) in [7, 11) is 0. The van der Waals surface area contributed by atoms with Gasteiger partial charge in [0.05, 0.1) is 11.6 Å². The number of anilines is 1. The normalized spacial score (nSPS) is 23.9. The molecule has 1 saturated carbocycles. The number of hydrogen-bond acceptors (Lipinski definition) is 4. The predicted molar refractivity (Wildman–Crippen MR) is 76.0 cm³/mol. The zero-order valence-electron chi connectivity index (χ0n) is 11.1. The van der Waals surface area contributed by atoms with Crippen LogP contribution in [-0.2, 0) is 0 Å². The van der Waals surface area contributed by atoms with Crippen LogP contribution in [0.4, 0.5) is 5.82 Å². The fraction of sp³-hybridized carbons (Fsp3) is 0.467. The van der Waals surface area contributed by atoms with Crippen LogP contribution in [0.15, 0.2) is 30.6 Å². The summed E-state index contributed by atoms with van der Waals surface area (Å²) in [5.41, 5.74) is 0.962. The van der Waals surface area contributed by atoms with Crippen molar-refractivity contribution in [1.82, 2.24) is 9.97 Å². The average molecular weight is 257 g/mol. The van der Waals surface area contributed by atoms with Gasteiger partial charge in [-0.15, -0.1) is 0 Å². The van der Waals surface area contributed by atoms with Gasteiger partial charge in [-0.2, -0.15) is 0 Å². The van der Waals surface area contributed by atoms with Crippen molar-refractivity contribution in [3.05, 3.63) is 30.6 Å². The van der Waals surface area contributed by atoms with Gasteiger partial charge in [0.1, 0.15) is 12.1 Å². The third-order valence-electron chi connectivity index (χ3n) is 4.02. The Kier molecular flexibility index (Phi) is 3.34. The minimum absolute atomic E-state index is 0.108. The van der Waals surface area contributed by atoms with Crippen molar-refractivity contribution in [3.8, 4) is 0 Å². The molecule has 0 aliphatic heterocycles. The summed E-state index contributed by atoms with van der Waals surface area (Å²) in [5.74, 6) is 1.45. The molecule has 1 aromatic carbocycles. The quantitative estimate of drug-likeness (QED) is 0.884. The van der Waals surface area contributed by atoms with Gasteiger partial charge in [-0.05, 0) is 37.3 Å². The third-order valence-corrected chi connectivity index (χ3v) is 4.02. The first kappa shape index (κ1) is 12.4. The Balaban J connectivity index is 1.84. The fourth-order valence-electron chi connectivity index (χ4n) is 2.81. The van der Waals surface area contributed by atoms with Gasteiger partial charge in [0, 0.05) is 11.4 Å². The lowest BCUT2D eigenvalue weighted by Crippen LogP contribution is -2.40. The molecular weight excluding hydrogens is 238 g/mol. The summed E-state index contributed by atoms with van der Waals surface area (Å²) in [4.78, 5) is 8.64. The van der Waals surface area contributed by atoms with E-state index in [0.29, 0.717) is 12.0 Å². The molecule has 19 heavy (non-hydrogen) atoms. The predicted octanol–water partition coefficient (Wildman–Crippen LogP) is 2.59. The summed E-state index contributed by atoms with van der Waals surface area (Å²) >= 11 is 0. The Morgan fingerprint density at radius 3 is 2.84 bits per heavy atom. The number of para-hydroxylation sites is 1. The van der Waals surface area contributed by atoms with E-state index in [1.165, 1.54) is 0 Å². The van der Waals surface area contributed by atoms with Crippen molar-refractivity contribution in [3.63, 3.8) is 0 Å². The second-order valence-electron chi connectivity index (χ2n) is 5.28. The van der Waals surface area contributed by atoms with Crippen LogP contribution >= 0.6 is 0 Å². The number of rotatable bonds is 4. The molecule has 1 atom stereocenters. The molecule has 4 heteroatoms. The van der Waals surface area contributed by atoms with Gasteiger partial charge in [0.15, 0.2) is 0 Å². The Hall–Kier alpha value is -1.68. The van der Waals surface area contributed by atoms with E-state index in [1.807, 2.05) is 24.3 Å². The molecular formula is C15H19N3O. The molecule has 4 nitrogen and oxygen atoms in total. The number of aliphatic hydroxyl groups is 1. The van der Waals surface area contributed by atoms with Gasteiger partial charge in [0.2, 0.25) is 0 Å². The number of fused-ring (bicyclic) bond motifs is 1. The maximum Gasteiger partial charge on any atom is 0.137 e. The Labute approximate surface area is 112 Å². The molecule has 2 aromatic rings. The van der Waals surface area contributed by atoms with Crippen LogP contribution in [0, 0.1) is 5.92 Å². The molecule has 0 amide bonds. The van der Waals surface area contributed by atoms with Gasteiger partial charge in [-0.3, -0.25) is 0 Å². The smallest absolute Gasteiger partial charge is 0.137 e. The molecule has 100 valence electrons. The van der Waals surface area contributed by atoms with E-state index in [0.717, 1.165) is 36.0 Å². The van der Waals surface area contributed by atoms with Crippen LogP contribution in [0.1, 0.15) is 26.2 Å². The van der Waals surface area contributed by atoms with E-state index >= 15 is 0 Å². The van der Waals surface area contributed by atoms with Gasteiger partial charge in [-0.1, -0.05) is 19.1 Å². The summed E-state index contributed by atoms with van der Waals surface area (Å²) in [5, 5.41) is 14.0. The second kappa shape index (κ2) is 5.13. The number of hydrogen-bond donors (Lipinski definition) is 2. The fourth-order valence-corrected chi connectivity index (χ4v) is 2.81. The highest BCUT2D eigenvalue weighted by Crippen LogP contribution is 2.33. The summed E-state index contributed by atoms with van der Waals surface area (Å²) in [6, 6.07) is 8.40. The molecule has 1 fully saturated rings. The van der Waals surface area contributed by atoms with E-state index in [4.69, 9.17) is 0 Å². The highest BCUT2D eigenvalue weighted by molar-refractivity contribution is 5.88. The summed E-state index contributed by atoms with van der Waals surface area (Å²) in [6.45, 7) is 2.17. The zero-order valence-corrected chi connectivity index (χ0v) is 11.1. The lowest BCUT2D eigenvalue weighted by atomic mass is 9.76. The topological polar surface area (TPSA) is 58.0 Å². The first-order valence-corrected chi connectivity index (χ1v) is 6.92. The molecule has 0 radical (unpaired) electrons. The second-order valence-corrected chi connectivity index (χ2v) is 5.28. The average Bonchev–Trinajstić information content (AvgIpc) is 2.42. The summed E-state index contributed by atoms with van der Waals surface area (Å²) in [6.07, 6.45) is 4.33. The van der Waals surface area contributed by atoms with Gasteiger partial charge < -0.3 is 10.4 Å². The Morgan fingerprint density at radius 1 is 1.32 bits per heavy atom. The minimum atomic E-state index is -0.108. The third kappa shape index (κ3) is 2.40. The molecule has 0 spiro atoms. The highest BCUT2D eigenvalue weighted by atomic mass is 16.3. The van der Waals surface area contributed by atoms with Gasteiger partial charge in [-0.25, -0.2) is 9.97 Å². The van der Waals surface area contributed by atoms with Gasteiger partial charge in [0.25, 0.3) is 0 Å². The van der Waals surface area contributed by atoms with Crippen molar-refractivity contribution >= 4 is 16.7 Å². The number of aliphatic hydroxyl groups excluding tert-OH is 1. The monoisotopic (exact) mass is 257 g/mol. The van der Waals surface area contributed by atoms with E-state index in [-0.39, 0.29) is 6.10 Å². The van der Waals surface area contributed by atoms with Crippen LogP contribution in [0.3, 0.4) is 0 Å².